The van der Waals surface area contributed by atoms with Gasteiger partial charge in [0.05, 0.1) is 6.54 Å². The Labute approximate surface area is 116 Å². The molecule has 1 unspecified atom stereocenters. The van der Waals surface area contributed by atoms with Crippen molar-refractivity contribution in [2.45, 2.75) is 26.1 Å². The van der Waals surface area contributed by atoms with Gasteiger partial charge in [0, 0.05) is 16.6 Å². The van der Waals surface area contributed by atoms with E-state index in [9.17, 15) is 4.39 Å². The SMILES string of the molecule is CC(NCc1ccc(CO)o1)c1c(F)cccc1Cl. The molecule has 0 amide bonds. The summed E-state index contributed by atoms with van der Waals surface area (Å²) in [6.07, 6.45) is 0. The van der Waals surface area contributed by atoms with Crippen molar-refractivity contribution in [3.8, 4) is 0 Å². The number of nitrogens with one attached hydrogen (secondary N) is 1. The topological polar surface area (TPSA) is 45.4 Å². The van der Waals surface area contributed by atoms with Crippen molar-refractivity contribution in [3.63, 3.8) is 0 Å². The molecule has 1 heterocycles. The Morgan fingerprint density at radius 1 is 1.32 bits per heavy atom. The van der Waals surface area contributed by atoms with Crippen LogP contribution in [0.15, 0.2) is 34.7 Å². The van der Waals surface area contributed by atoms with Crippen molar-refractivity contribution in [3.05, 3.63) is 58.3 Å². The minimum atomic E-state index is -0.331. The summed E-state index contributed by atoms with van der Waals surface area (Å²) in [5.74, 6) is 0.861. The molecular formula is C14H15ClFNO2. The molecule has 0 saturated heterocycles. The molecule has 5 heteroatoms. The Balaban J connectivity index is 2.03. The van der Waals surface area contributed by atoms with Crippen molar-refractivity contribution < 1.29 is 13.9 Å². The van der Waals surface area contributed by atoms with Gasteiger partial charge in [-0.25, -0.2) is 4.39 Å². The van der Waals surface area contributed by atoms with Crippen LogP contribution < -0.4 is 5.32 Å². The summed E-state index contributed by atoms with van der Waals surface area (Å²) in [7, 11) is 0. The number of halogens is 2. The zero-order chi connectivity index (χ0) is 13.8. The minimum Gasteiger partial charge on any atom is -0.462 e. The first-order valence-electron chi connectivity index (χ1n) is 5.97. The second-order valence-electron chi connectivity index (χ2n) is 4.26. The number of benzene rings is 1. The predicted octanol–water partition coefficient (Wildman–Crippen LogP) is 3.42. The molecule has 0 saturated carbocycles. The van der Waals surface area contributed by atoms with Gasteiger partial charge in [0.2, 0.25) is 0 Å². The molecule has 2 rings (SSSR count). The van der Waals surface area contributed by atoms with E-state index in [0.29, 0.717) is 28.7 Å². The molecule has 0 aliphatic rings. The largest absolute Gasteiger partial charge is 0.462 e. The Bertz CT molecular complexity index is 536. The van der Waals surface area contributed by atoms with Gasteiger partial charge in [-0.15, -0.1) is 0 Å². The van der Waals surface area contributed by atoms with Gasteiger partial charge in [0.1, 0.15) is 23.9 Å². The van der Waals surface area contributed by atoms with Gasteiger partial charge in [-0.1, -0.05) is 17.7 Å². The Morgan fingerprint density at radius 2 is 2.05 bits per heavy atom. The summed E-state index contributed by atoms with van der Waals surface area (Å²) in [6.45, 7) is 2.14. The molecule has 1 atom stereocenters. The van der Waals surface area contributed by atoms with Crippen LogP contribution in [-0.4, -0.2) is 5.11 Å². The van der Waals surface area contributed by atoms with E-state index in [2.05, 4.69) is 5.32 Å². The number of hydrogen-bond acceptors (Lipinski definition) is 3. The standard InChI is InChI=1S/C14H15ClFNO2/c1-9(14-12(15)3-2-4-13(14)16)17-7-10-5-6-11(8-18)19-10/h2-6,9,17-18H,7-8H2,1H3. The van der Waals surface area contributed by atoms with Crippen molar-refractivity contribution in [1.82, 2.24) is 5.32 Å². The molecule has 102 valence electrons. The van der Waals surface area contributed by atoms with Gasteiger partial charge >= 0.3 is 0 Å². The smallest absolute Gasteiger partial charge is 0.129 e. The molecule has 1 aromatic heterocycles. The van der Waals surface area contributed by atoms with Crippen LogP contribution in [0.5, 0.6) is 0 Å². The average molecular weight is 284 g/mol. The van der Waals surface area contributed by atoms with Crippen LogP contribution in [0.25, 0.3) is 0 Å². The fourth-order valence-electron chi connectivity index (χ4n) is 1.88. The molecule has 0 radical (unpaired) electrons. The van der Waals surface area contributed by atoms with Crippen molar-refractivity contribution >= 4 is 11.6 Å². The molecule has 0 aliphatic carbocycles. The zero-order valence-corrected chi connectivity index (χ0v) is 11.2. The van der Waals surface area contributed by atoms with E-state index < -0.39 is 0 Å². The molecule has 19 heavy (non-hydrogen) atoms. The molecule has 0 bridgehead atoms. The monoisotopic (exact) mass is 283 g/mol. The molecule has 2 N–H and O–H groups in total. The van der Waals surface area contributed by atoms with Crippen LogP contribution in [0.4, 0.5) is 4.39 Å². The molecule has 0 aliphatic heterocycles. The Morgan fingerprint density at radius 3 is 2.68 bits per heavy atom. The Hall–Kier alpha value is -1.36. The number of furan rings is 1. The molecule has 0 spiro atoms. The van der Waals surface area contributed by atoms with E-state index in [1.54, 1.807) is 24.3 Å². The van der Waals surface area contributed by atoms with Gasteiger partial charge < -0.3 is 14.8 Å². The van der Waals surface area contributed by atoms with E-state index in [0.717, 1.165) is 0 Å². The van der Waals surface area contributed by atoms with Crippen LogP contribution >= 0.6 is 11.6 Å². The first kappa shape index (κ1) is 14.1. The summed E-state index contributed by atoms with van der Waals surface area (Å²) < 4.78 is 19.0. The number of hydrogen-bond donors (Lipinski definition) is 2. The zero-order valence-electron chi connectivity index (χ0n) is 10.5. The van der Waals surface area contributed by atoms with Crippen LogP contribution in [0.3, 0.4) is 0 Å². The number of aliphatic hydroxyl groups is 1. The highest BCUT2D eigenvalue weighted by Crippen LogP contribution is 2.25. The lowest BCUT2D eigenvalue weighted by molar-refractivity contribution is 0.242. The third-order valence-electron chi connectivity index (χ3n) is 2.89. The molecule has 0 fully saturated rings. The van der Waals surface area contributed by atoms with Crippen LogP contribution in [0.1, 0.15) is 30.0 Å². The molecule has 3 nitrogen and oxygen atoms in total. The lowest BCUT2D eigenvalue weighted by atomic mass is 10.1. The second kappa shape index (κ2) is 6.19. The van der Waals surface area contributed by atoms with E-state index in [-0.39, 0.29) is 18.5 Å². The van der Waals surface area contributed by atoms with Crippen molar-refractivity contribution in [2.24, 2.45) is 0 Å². The van der Waals surface area contributed by atoms with Gasteiger partial charge in [-0.2, -0.15) is 0 Å². The van der Waals surface area contributed by atoms with Gasteiger partial charge in [0.15, 0.2) is 0 Å². The van der Waals surface area contributed by atoms with Gasteiger partial charge in [-0.3, -0.25) is 0 Å². The first-order chi connectivity index (χ1) is 9.11. The highest BCUT2D eigenvalue weighted by molar-refractivity contribution is 6.31. The number of rotatable bonds is 5. The van der Waals surface area contributed by atoms with Gasteiger partial charge in [0.25, 0.3) is 0 Å². The summed E-state index contributed by atoms with van der Waals surface area (Å²) in [6, 6.07) is 7.86. The third kappa shape index (κ3) is 3.35. The summed E-state index contributed by atoms with van der Waals surface area (Å²) in [4.78, 5) is 0. The van der Waals surface area contributed by atoms with Crippen LogP contribution in [-0.2, 0) is 13.2 Å². The third-order valence-corrected chi connectivity index (χ3v) is 3.22. The van der Waals surface area contributed by atoms with E-state index in [1.807, 2.05) is 6.92 Å². The average Bonchev–Trinajstić information content (AvgIpc) is 2.84. The lowest BCUT2D eigenvalue weighted by Gasteiger charge is -2.15. The van der Waals surface area contributed by atoms with E-state index in [4.69, 9.17) is 21.1 Å². The van der Waals surface area contributed by atoms with Crippen LogP contribution in [0.2, 0.25) is 5.02 Å². The normalized spacial score (nSPS) is 12.6. The van der Waals surface area contributed by atoms with Crippen molar-refractivity contribution in [1.29, 1.82) is 0 Å². The summed E-state index contributed by atoms with van der Waals surface area (Å²) >= 11 is 6.00. The number of aliphatic hydroxyl groups excluding tert-OH is 1. The predicted molar refractivity (Wildman–Crippen MR) is 71.3 cm³/mol. The summed E-state index contributed by atoms with van der Waals surface area (Å²) in [5, 5.41) is 12.4. The Kier molecular flexibility index (Phi) is 4.58. The van der Waals surface area contributed by atoms with Crippen LogP contribution in [0, 0.1) is 5.82 Å². The first-order valence-corrected chi connectivity index (χ1v) is 6.35. The highest BCUT2D eigenvalue weighted by atomic mass is 35.5. The maximum absolute atomic E-state index is 13.7. The fraction of sp³-hybridized carbons (Fsp3) is 0.286. The maximum Gasteiger partial charge on any atom is 0.129 e. The molecule has 2 aromatic rings. The second-order valence-corrected chi connectivity index (χ2v) is 4.67. The quantitative estimate of drug-likeness (QED) is 0.884. The maximum atomic E-state index is 13.7. The fourth-order valence-corrected chi connectivity index (χ4v) is 2.21. The summed E-state index contributed by atoms with van der Waals surface area (Å²) in [5.41, 5.74) is 0.443. The molecule has 1 aromatic carbocycles. The lowest BCUT2D eigenvalue weighted by Crippen LogP contribution is -2.19. The van der Waals surface area contributed by atoms with E-state index >= 15 is 0 Å². The highest BCUT2D eigenvalue weighted by Gasteiger charge is 2.14. The molecular weight excluding hydrogens is 269 g/mol. The van der Waals surface area contributed by atoms with E-state index in [1.165, 1.54) is 6.07 Å². The minimum absolute atomic E-state index is 0.130. The van der Waals surface area contributed by atoms with Gasteiger partial charge in [-0.05, 0) is 31.2 Å². The van der Waals surface area contributed by atoms with Crippen molar-refractivity contribution in [2.75, 3.05) is 0 Å².